The summed E-state index contributed by atoms with van der Waals surface area (Å²) in [4.78, 5) is 20.3. The van der Waals surface area contributed by atoms with Gasteiger partial charge in [-0.3, -0.25) is 14.9 Å². The fourth-order valence-corrected chi connectivity index (χ4v) is 1.09. The van der Waals surface area contributed by atoms with Gasteiger partial charge < -0.3 is 0 Å². The molecule has 0 heterocycles. The highest BCUT2D eigenvalue weighted by Crippen LogP contribution is 2.01. The molecule has 12 heavy (non-hydrogen) atoms. The van der Waals surface area contributed by atoms with Gasteiger partial charge >= 0.3 is 0 Å². The van der Waals surface area contributed by atoms with E-state index in [9.17, 15) is 14.9 Å². The molecular formula is C7H12BrNO3. The zero-order valence-electron chi connectivity index (χ0n) is 6.79. The zero-order valence-corrected chi connectivity index (χ0v) is 8.38. The SMILES string of the molecule is O=C(CBr)CCCCC[N+](=O)[O-]. The normalized spacial score (nSPS) is 9.75. The lowest BCUT2D eigenvalue weighted by Crippen LogP contribution is -2.02. The maximum absolute atomic E-state index is 10.7. The predicted molar refractivity (Wildman–Crippen MR) is 49.1 cm³/mol. The van der Waals surface area contributed by atoms with Crippen molar-refractivity contribution < 1.29 is 9.72 Å². The van der Waals surface area contributed by atoms with Crippen molar-refractivity contribution >= 4 is 21.7 Å². The third kappa shape index (κ3) is 7.65. The molecule has 0 aliphatic rings. The molecule has 0 spiro atoms. The molecule has 5 heteroatoms. The van der Waals surface area contributed by atoms with E-state index in [1.165, 1.54) is 0 Å². The van der Waals surface area contributed by atoms with Crippen molar-refractivity contribution in [3.05, 3.63) is 10.1 Å². The molecule has 0 unspecified atom stereocenters. The molecule has 0 saturated heterocycles. The van der Waals surface area contributed by atoms with Gasteiger partial charge in [0.25, 0.3) is 0 Å². The van der Waals surface area contributed by atoms with Crippen molar-refractivity contribution in [1.29, 1.82) is 0 Å². The van der Waals surface area contributed by atoms with Crippen LogP contribution in [0.15, 0.2) is 0 Å². The zero-order chi connectivity index (χ0) is 9.40. The molecule has 0 radical (unpaired) electrons. The van der Waals surface area contributed by atoms with Gasteiger partial charge in [0, 0.05) is 17.8 Å². The first-order chi connectivity index (χ1) is 5.66. The van der Waals surface area contributed by atoms with Gasteiger partial charge in [-0.05, 0) is 12.8 Å². The van der Waals surface area contributed by atoms with Crippen LogP contribution in [0.1, 0.15) is 25.7 Å². The summed E-state index contributed by atoms with van der Waals surface area (Å²) in [6.07, 6.45) is 2.63. The molecule has 70 valence electrons. The van der Waals surface area contributed by atoms with E-state index in [0.717, 1.165) is 12.8 Å². The summed E-state index contributed by atoms with van der Waals surface area (Å²) >= 11 is 3.05. The van der Waals surface area contributed by atoms with Crippen LogP contribution in [0.3, 0.4) is 0 Å². The number of ketones is 1. The molecule has 0 bridgehead atoms. The second kappa shape index (κ2) is 7.21. The van der Waals surface area contributed by atoms with Crippen molar-refractivity contribution in [2.75, 3.05) is 11.9 Å². The Morgan fingerprint density at radius 2 is 2.00 bits per heavy atom. The lowest BCUT2D eigenvalue weighted by molar-refractivity contribution is -0.480. The van der Waals surface area contributed by atoms with Crippen molar-refractivity contribution in [2.24, 2.45) is 0 Å². The number of hydrogen-bond donors (Lipinski definition) is 0. The number of carbonyl (C=O) groups is 1. The average molecular weight is 238 g/mol. The van der Waals surface area contributed by atoms with E-state index in [1.807, 2.05) is 0 Å². The number of hydrogen-bond acceptors (Lipinski definition) is 3. The third-order valence-electron chi connectivity index (χ3n) is 1.45. The minimum absolute atomic E-state index is 0.0164. The average Bonchev–Trinajstić information content (AvgIpc) is 2.03. The summed E-state index contributed by atoms with van der Waals surface area (Å²) < 4.78 is 0. The van der Waals surface area contributed by atoms with E-state index in [1.54, 1.807) is 0 Å². The van der Waals surface area contributed by atoms with E-state index in [-0.39, 0.29) is 17.3 Å². The molecule has 0 atom stereocenters. The second-order valence-corrected chi connectivity index (χ2v) is 3.10. The highest BCUT2D eigenvalue weighted by molar-refractivity contribution is 9.09. The van der Waals surface area contributed by atoms with Crippen LogP contribution in [0, 0.1) is 10.1 Å². The molecule has 0 fully saturated rings. The van der Waals surface area contributed by atoms with Crippen LogP contribution in [0.5, 0.6) is 0 Å². The van der Waals surface area contributed by atoms with Crippen molar-refractivity contribution in [3.63, 3.8) is 0 Å². The Labute approximate surface area is 79.6 Å². The lowest BCUT2D eigenvalue weighted by Gasteiger charge is -1.95. The van der Waals surface area contributed by atoms with E-state index >= 15 is 0 Å². The number of unbranched alkanes of at least 4 members (excludes halogenated alkanes) is 2. The number of carbonyl (C=O) groups excluding carboxylic acids is 1. The molecule has 0 aromatic carbocycles. The van der Waals surface area contributed by atoms with Gasteiger partial charge in [-0.2, -0.15) is 0 Å². The molecule has 0 rings (SSSR count). The fourth-order valence-electron chi connectivity index (χ4n) is 0.807. The number of nitrogens with zero attached hydrogens (tertiary/aromatic N) is 1. The minimum Gasteiger partial charge on any atom is -0.299 e. The van der Waals surface area contributed by atoms with Crippen molar-refractivity contribution in [3.8, 4) is 0 Å². The molecule has 0 aliphatic heterocycles. The van der Waals surface area contributed by atoms with E-state index < -0.39 is 0 Å². The molecule has 4 nitrogen and oxygen atoms in total. The molecule has 0 N–H and O–H groups in total. The topological polar surface area (TPSA) is 60.2 Å². The number of rotatable bonds is 7. The first-order valence-corrected chi connectivity index (χ1v) is 4.98. The first-order valence-electron chi connectivity index (χ1n) is 3.86. The Kier molecular flexibility index (Phi) is 6.94. The molecule has 0 aliphatic carbocycles. The Balaban J connectivity index is 3.11. The Bertz CT molecular complexity index is 161. The van der Waals surface area contributed by atoms with E-state index in [0.29, 0.717) is 18.2 Å². The largest absolute Gasteiger partial charge is 0.299 e. The van der Waals surface area contributed by atoms with Gasteiger partial charge in [0.2, 0.25) is 6.54 Å². The number of nitro groups is 1. The Morgan fingerprint density at radius 3 is 2.50 bits per heavy atom. The van der Waals surface area contributed by atoms with Gasteiger partial charge in [-0.1, -0.05) is 15.9 Å². The van der Waals surface area contributed by atoms with E-state index in [2.05, 4.69) is 15.9 Å². The van der Waals surface area contributed by atoms with Crippen LogP contribution < -0.4 is 0 Å². The Morgan fingerprint density at radius 1 is 1.33 bits per heavy atom. The Hall–Kier alpha value is -0.450. The molecule has 0 aromatic rings. The van der Waals surface area contributed by atoms with Gasteiger partial charge in [-0.15, -0.1) is 0 Å². The van der Waals surface area contributed by atoms with Gasteiger partial charge in [0.1, 0.15) is 5.78 Å². The van der Waals surface area contributed by atoms with Gasteiger partial charge in [0.05, 0.1) is 5.33 Å². The molecule has 0 aromatic heterocycles. The second-order valence-electron chi connectivity index (χ2n) is 2.54. The van der Waals surface area contributed by atoms with Crippen LogP contribution in [0.4, 0.5) is 0 Å². The van der Waals surface area contributed by atoms with Crippen LogP contribution in [0.2, 0.25) is 0 Å². The summed E-state index contributed by atoms with van der Waals surface area (Å²) in [5, 5.41) is 10.3. The van der Waals surface area contributed by atoms with Crippen LogP contribution >= 0.6 is 15.9 Å². The van der Waals surface area contributed by atoms with Crippen molar-refractivity contribution in [2.45, 2.75) is 25.7 Å². The quantitative estimate of drug-likeness (QED) is 0.294. The molecular weight excluding hydrogens is 226 g/mol. The standard InChI is InChI=1S/C7H12BrNO3/c8-6-7(10)4-2-1-3-5-9(11)12/h1-6H2. The van der Waals surface area contributed by atoms with Crippen LogP contribution in [-0.4, -0.2) is 22.6 Å². The monoisotopic (exact) mass is 237 g/mol. The predicted octanol–water partition coefficient (Wildman–Crippen LogP) is 1.79. The summed E-state index contributed by atoms with van der Waals surface area (Å²) in [6.45, 7) is 0.0164. The number of halogens is 1. The minimum atomic E-state index is -0.327. The molecule has 0 saturated carbocycles. The number of alkyl halides is 1. The summed E-state index contributed by atoms with van der Waals surface area (Å²) in [5.41, 5.74) is 0. The lowest BCUT2D eigenvalue weighted by atomic mass is 10.1. The third-order valence-corrected chi connectivity index (χ3v) is 2.07. The van der Waals surface area contributed by atoms with Crippen LogP contribution in [0.25, 0.3) is 0 Å². The summed E-state index contributed by atoms with van der Waals surface area (Å²) in [6, 6.07) is 0. The highest BCUT2D eigenvalue weighted by Gasteiger charge is 2.00. The van der Waals surface area contributed by atoms with E-state index in [4.69, 9.17) is 0 Å². The fraction of sp³-hybridized carbons (Fsp3) is 0.857. The van der Waals surface area contributed by atoms with Crippen LogP contribution in [-0.2, 0) is 4.79 Å². The highest BCUT2D eigenvalue weighted by atomic mass is 79.9. The van der Waals surface area contributed by atoms with Gasteiger partial charge in [0.15, 0.2) is 0 Å². The maximum atomic E-state index is 10.7. The summed E-state index contributed by atoms with van der Waals surface area (Å²) in [5.74, 6) is 0.163. The number of Topliss-reactive ketones (excluding diaryl/α,β-unsaturated/α-hetero) is 1. The van der Waals surface area contributed by atoms with Gasteiger partial charge in [-0.25, -0.2) is 0 Å². The maximum Gasteiger partial charge on any atom is 0.203 e. The smallest absolute Gasteiger partial charge is 0.203 e. The molecule has 0 amide bonds. The first kappa shape index (κ1) is 11.6. The summed E-state index contributed by atoms with van der Waals surface area (Å²) in [7, 11) is 0. The van der Waals surface area contributed by atoms with Crippen molar-refractivity contribution in [1.82, 2.24) is 0 Å².